The number of ether oxygens (including phenoxy) is 1. The number of anilines is 1. The number of benzene rings is 2. The normalized spacial score (nSPS) is 21.0. The molecule has 3 heterocycles. The summed E-state index contributed by atoms with van der Waals surface area (Å²) < 4.78 is 6.12. The fourth-order valence-electron chi connectivity index (χ4n) is 4.70. The van der Waals surface area contributed by atoms with Crippen molar-refractivity contribution in [1.82, 2.24) is 15.5 Å². The van der Waals surface area contributed by atoms with Gasteiger partial charge in [0.2, 0.25) is 11.8 Å². The predicted octanol–water partition coefficient (Wildman–Crippen LogP) is 2.19. The summed E-state index contributed by atoms with van der Waals surface area (Å²) in [7, 11) is 0. The summed E-state index contributed by atoms with van der Waals surface area (Å²) in [4.78, 5) is 38.2. The summed E-state index contributed by atoms with van der Waals surface area (Å²) in [6, 6.07) is 13.2. The zero-order valence-electron chi connectivity index (χ0n) is 18.4. The Bertz CT molecular complexity index is 1080. The van der Waals surface area contributed by atoms with Gasteiger partial charge in [-0.2, -0.15) is 0 Å². The number of carbonyl (C=O) groups is 3. The Labute approximate surface area is 192 Å². The lowest BCUT2D eigenvalue weighted by atomic mass is 10.0. The molecule has 33 heavy (non-hydrogen) atoms. The smallest absolute Gasteiger partial charge is 0.255 e. The molecular weight excluding hydrogens is 420 g/mol. The Balaban J connectivity index is 1.22. The van der Waals surface area contributed by atoms with E-state index in [4.69, 9.17) is 4.74 Å². The number of fused-ring (bicyclic) bond motifs is 1. The highest BCUT2D eigenvalue weighted by Crippen LogP contribution is 2.29. The minimum absolute atomic E-state index is 0.154. The molecule has 0 bridgehead atoms. The molecule has 1 atom stereocenters. The number of hydrogen-bond donors (Lipinski definition) is 3. The Morgan fingerprint density at radius 1 is 1.03 bits per heavy atom. The summed E-state index contributed by atoms with van der Waals surface area (Å²) in [6.45, 7) is 2.93. The molecule has 3 amide bonds. The largest absolute Gasteiger partial charge is 0.490 e. The second-order valence-electron chi connectivity index (χ2n) is 8.84. The van der Waals surface area contributed by atoms with Crippen LogP contribution in [0.2, 0.25) is 0 Å². The highest BCUT2D eigenvalue weighted by molar-refractivity contribution is 6.05. The number of carbonyl (C=O) groups excluding carboxylic acids is 3. The van der Waals surface area contributed by atoms with Crippen LogP contribution < -0.4 is 20.7 Å². The zero-order chi connectivity index (χ0) is 22.8. The molecular formula is C25H28N4O4. The van der Waals surface area contributed by atoms with Crippen molar-refractivity contribution >= 4 is 23.4 Å². The molecule has 0 aliphatic carbocycles. The summed E-state index contributed by atoms with van der Waals surface area (Å²) in [5.41, 5.74) is 3.48. The van der Waals surface area contributed by atoms with Crippen LogP contribution in [0.25, 0.3) is 0 Å². The molecule has 0 saturated carbocycles. The lowest BCUT2D eigenvalue weighted by molar-refractivity contribution is -0.136. The molecule has 8 nitrogen and oxygen atoms in total. The van der Waals surface area contributed by atoms with Crippen LogP contribution in [-0.4, -0.2) is 47.9 Å². The maximum absolute atomic E-state index is 13.0. The minimum atomic E-state index is -0.591. The van der Waals surface area contributed by atoms with E-state index in [-0.39, 0.29) is 30.2 Å². The summed E-state index contributed by atoms with van der Waals surface area (Å²) in [5, 5.41) is 9.09. The molecule has 2 aromatic carbocycles. The zero-order valence-corrected chi connectivity index (χ0v) is 18.4. The first-order chi connectivity index (χ1) is 16.1. The fourth-order valence-corrected chi connectivity index (χ4v) is 4.70. The molecule has 0 spiro atoms. The molecule has 0 radical (unpaired) electrons. The highest BCUT2D eigenvalue weighted by atomic mass is 16.5. The maximum atomic E-state index is 13.0. The van der Waals surface area contributed by atoms with Gasteiger partial charge in [-0.1, -0.05) is 18.2 Å². The quantitative estimate of drug-likeness (QED) is 0.586. The average molecular weight is 449 g/mol. The molecule has 8 heteroatoms. The van der Waals surface area contributed by atoms with Crippen molar-refractivity contribution in [3.63, 3.8) is 0 Å². The topological polar surface area (TPSA) is 99.8 Å². The van der Waals surface area contributed by atoms with Gasteiger partial charge >= 0.3 is 0 Å². The van der Waals surface area contributed by atoms with Crippen LogP contribution in [0.1, 0.15) is 47.2 Å². The first-order valence-electron chi connectivity index (χ1n) is 11.5. The van der Waals surface area contributed by atoms with Gasteiger partial charge in [0, 0.05) is 36.8 Å². The molecule has 2 saturated heterocycles. The molecule has 1 unspecified atom stereocenters. The lowest BCUT2D eigenvalue weighted by Gasteiger charge is -2.29. The van der Waals surface area contributed by atoms with Gasteiger partial charge in [-0.3, -0.25) is 19.7 Å². The third kappa shape index (κ3) is 4.71. The molecule has 0 aromatic heterocycles. The van der Waals surface area contributed by atoms with Crippen LogP contribution >= 0.6 is 0 Å². The minimum Gasteiger partial charge on any atom is -0.490 e. The van der Waals surface area contributed by atoms with Crippen LogP contribution in [0.3, 0.4) is 0 Å². The van der Waals surface area contributed by atoms with Crippen LogP contribution in [0.4, 0.5) is 5.69 Å². The first kappa shape index (κ1) is 21.5. The van der Waals surface area contributed by atoms with E-state index in [9.17, 15) is 14.4 Å². The van der Waals surface area contributed by atoms with Gasteiger partial charge in [0.15, 0.2) is 0 Å². The number of piperidine rings is 2. The maximum Gasteiger partial charge on any atom is 0.255 e. The van der Waals surface area contributed by atoms with Gasteiger partial charge in [0.05, 0.1) is 0 Å². The number of hydrogen-bond acceptors (Lipinski definition) is 6. The Kier molecular flexibility index (Phi) is 6.00. The Hall–Kier alpha value is -3.39. The van der Waals surface area contributed by atoms with Crippen molar-refractivity contribution in [3.8, 4) is 5.75 Å². The summed E-state index contributed by atoms with van der Waals surface area (Å²) in [6.07, 6.45) is 2.89. The van der Waals surface area contributed by atoms with Crippen LogP contribution in [0, 0.1) is 0 Å². The molecule has 5 rings (SSSR count). The molecule has 2 fully saturated rings. The summed E-state index contributed by atoms with van der Waals surface area (Å²) >= 11 is 0. The van der Waals surface area contributed by atoms with Crippen molar-refractivity contribution in [2.24, 2.45) is 0 Å². The van der Waals surface area contributed by atoms with Gasteiger partial charge in [-0.05, 0) is 61.7 Å². The van der Waals surface area contributed by atoms with Gasteiger partial charge in [-0.15, -0.1) is 0 Å². The van der Waals surface area contributed by atoms with Gasteiger partial charge in [0.25, 0.3) is 5.91 Å². The van der Waals surface area contributed by atoms with E-state index in [0.29, 0.717) is 25.1 Å². The van der Waals surface area contributed by atoms with E-state index in [2.05, 4.69) is 16.0 Å². The van der Waals surface area contributed by atoms with Crippen molar-refractivity contribution < 1.29 is 19.1 Å². The Morgan fingerprint density at radius 3 is 2.70 bits per heavy atom. The number of nitrogens with one attached hydrogen (secondary N) is 3. The van der Waals surface area contributed by atoms with E-state index in [1.165, 1.54) is 0 Å². The molecule has 2 aromatic rings. The fraction of sp³-hybridized carbons (Fsp3) is 0.400. The van der Waals surface area contributed by atoms with Crippen LogP contribution in [0.5, 0.6) is 5.75 Å². The Morgan fingerprint density at radius 2 is 1.88 bits per heavy atom. The van der Waals surface area contributed by atoms with E-state index >= 15 is 0 Å². The number of amides is 3. The van der Waals surface area contributed by atoms with Crippen molar-refractivity contribution in [1.29, 1.82) is 0 Å². The third-order valence-electron chi connectivity index (χ3n) is 6.51. The van der Waals surface area contributed by atoms with Crippen molar-refractivity contribution in [3.05, 3.63) is 59.2 Å². The number of imide groups is 1. The highest BCUT2D eigenvalue weighted by Gasteiger charge is 2.39. The second-order valence-corrected chi connectivity index (χ2v) is 8.84. The average Bonchev–Trinajstić information content (AvgIpc) is 3.14. The molecule has 3 N–H and O–H groups in total. The van der Waals surface area contributed by atoms with Crippen molar-refractivity contribution in [2.75, 3.05) is 18.4 Å². The van der Waals surface area contributed by atoms with E-state index in [1.807, 2.05) is 42.5 Å². The summed E-state index contributed by atoms with van der Waals surface area (Å²) in [5.74, 6) is 0.0366. The van der Waals surface area contributed by atoms with Crippen molar-refractivity contribution in [2.45, 2.75) is 50.9 Å². The predicted molar refractivity (Wildman–Crippen MR) is 123 cm³/mol. The molecule has 3 aliphatic heterocycles. The monoisotopic (exact) mass is 448 g/mol. The molecule has 3 aliphatic rings. The van der Waals surface area contributed by atoms with Crippen LogP contribution in [-0.2, 0) is 22.7 Å². The first-order valence-corrected chi connectivity index (χ1v) is 11.5. The van der Waals surface area contributed by atoms with E-state index in [1.54, 1.807) is 4.90 Å². The second kappa shape index (κ2) is 9.23. The number of nitrogens with zero attached hydrogens (tertiary/aromatic N) is 1. The SMILES string of the molecule is O=C1CCC(N2Cc3ccc(CNc4cccc(OC5CCNCC5)c4)cc3C2=O)C(=O)N1. The third-order valence-corrected chi connectivity index (χ3v) is 6.51. The van der Waals surface area contributed by atoms with Gasteiger partial charge in [0.1, 0.15) is 17.9 Å². The standard InChI is InChI=1S/C25H28N4O4/c30-23-7-6-22(24(31)28-23)29-15-17-5-4-16(12-21(17)25(29)32)14-27-18-2-1-3-20(13-18)33-19-8-10-26-11-9-19/h1-5,12-13,19,22,26-27H,6-11,14-15H2,(H,28,30,31). The van der Waals surface area contributed by atoms with Gasteiger partial charge < -0.3 is 20.3 Å². The van der Waals surface area contributed by atoms with Gasteiger partial charge in [-0.25, -0.2) is 0 Å². The lowest BCUT2D eigenvalue weighted by Crippen LogP contribution is -2.52. The molecule has 172 valence electrons. The van der Waals surface area contributed by atoms with E-state index < -0.39 is 6.04 Å². The number of rotatable bonds is 6. The van der Waals surface area contributed by atoms with Crippen LogP contribution in [0.15, 0.2) is 42.5 Å². The van der Waals surface area contributed by atoms with E-state index in [0.717, 1.165) is 48.5 Å².